The van der Waals surface area contributed by atoms with Gasteiger partial charge in [-0.3, -0.25) is 13.9 Å². The normalized spacial score (nSPS) is 12.3. The maximum absolute atomic E-state index is 14.6. The van der Waals surface area contributed by atoms with Crippen LogP contribution in [0.25, 0.3) is 0 Å². The molecular formula is C36H40BrN3O4S2. The number of sulfonamides is 1. The minimum Gasteiger partial charge on any atom is -0.350 e. The third kappa shape index (κ3) is 9.47. The highest BCUT2D eigenvalue weighted by Gasteiger charge is 2.35. The Labute approximate surface area is 285 Å². The van der Waals surface area contributed by atoms with E-state index in [-0.39, 0.29) is 23.8 Å². The number of benzene rings is 4. The van der Waals surface area contributed by atoms with Crippen molar-refractivity contribution in [3.05, 3.63) is 124 Å². The van der Waals surface area contributed by atoms with Crippen molar-refractivity contribution in [2.45, 2.75) is 62.0 Å². The molecule has 0 unspecified atom stereocenters. The maximum Gasteiger partial charge on any atom is 0.264 e. The molecule has 10 heteroatoms. The Hall–Kier alpha value is -3.60. The van der Waals surface area contributed by atoms with E-state index in [1.165, 1.54) is 16.7 Å². The van der Waals surface area contributed by atoms with Gasteiger partial charge in [-0.05, 0) is 93.6 Å². The van der Waals surface area contributed by atoms with Crippen LogP contribution in [0.1, 0.15) is 37.5 Å². The summed E-state index contributed by atoms with van der Waals surface area (Å²) in [5.74, 6) is -0.827. The molecule has 0 aliphatic carbocycles. The fourth-order valence-corrected chi connectivity index (χ4v) is 7.22. The summed E-state index contributed by atoms with van der Waals surface area (Å²) in [6.45, 7) is 7.17. The van der Waals surface area contributed by atoms with Crippen molar-refractivity contribution in [2.75, 3.05) is 17.1 Å². The summed E-state index contributed by atoms with van der Waals surface area (Å²) in [4.78, 5) is 31.1. The number of carbonyl (C=O) groups excluding carboxylic acids is 2. The fourth-order valence-electron chi connectivity index (χ4n) is 4.95. The lowest BCUT2D eigenvalue weighted by Gasteiger charge is -2.35. The molecule has 46 heavy (non-hydrogen) atoms. The average molecular weight is 723 g/mol. The molecule has 1 atom stereocenters. The van der Waals surface area contributed by atoms with Gasteiger partial charge in [0.1, 0.15) is 12.6 Å². The Morgan fingerprint density at radius 2 is 1.50 bits per heavy atom. The van der Waals surface area contributed by atoms with E-state index in [1.54, 1.807) is 36.4 Å². The molecule has 0 spiro atoms. The number of carbonyl (C=O) groups is 2. The monoisotopic (exact) mass is 721 g/mol. The van der Waals surface area contributed by atoms with Gasteiger partial charge in [0.25, 0.3) is 10.0 Å². The van der Waals surface area contributed by atoms with Crippen molar-refractivity contribution in [3.63, 3.8) is 0 Å². The number of nitrogens with one attached hydrogen (secondary N) is 1. The van der Waals surface area contributed by atoms with Crippen LogP contribution >= 0.6 is 27.7 Å². The fraction of sp³-hybridized carbons (Fsp3) is 0.278. The number of halogens is 1. The average Bonchev–Trinajstić information content (AvgIpc) is 3.01. The highest BCUT2D eigenvalue weighted by Crippen LogP contribution is 2.27. The van der Waals surface area contributed by atoms with Gasteiger partial charge in [0.15, 0.2) is 0 Å². The first-order valence-corrected chi connectivity index (χ1v) is 18.4. The molecule has 4 aromatic carbocycles. The molecule has 7 nitrogen and oxygen atoms in total. The Morgan fingerprint density at radius 1 is 0.870 bits per heavy atom. The summed E-state index contributed by atoms with van der Waals surface area (Å²) < 4.78 is 30.4. The third-order valence-corrected chi connectivity index (χ3v) is 10.3. The Morgan fingerprint density at radius 3 is 2.09 bits per heavy atom. The maximum atomic E-state index is 14.6. The van der Waals surface area contributed by atoms with Crippen LogP contribution in [0.3, 0.4) is 0 Å². The molecule has 0 aliphatic heterocycles. The summed E-state index contributed by atoms with van der Waals surface area (Å²) in [6, 6.07) is 29.8. The molecule has 0 aromatic heterocycles. The van der Waals surface area contributed by atoms with E-state index in [4.69, 9.17) is 0 Å². The zero-order valence-electron chi connectivity index (χ0n) is 26.7. The van der Waals surface area contributed by atoms with Crippen molar-refractivity contribution in [2.24, 2.45) is 0 Å². The number of thioether (sulfide) groups is 1. The Balaban J connectivity index is 1.81. The van der Waals surface area contributed by atoms with Crippen molar-refractivity contribution in [3.8, 4) is 0 Å². The summed E-state index contributed by atoms with van der Waals surface area (Å²) >= 11 is 5.03. The van der Waals surface area contributed by atoms with Crippen LogP contribution in [-0.4, -0.2) is 49.5 Å². The predicted octanol–water partition coefficient (Wildman–Crippen LogP) is 7.23. The molecule has 4 rings (SSSR count). The standard InChI is InChI=1S/C36H40BrN3O4S2/c1-26-14-16-30(17-15-26)40(46(43,44)32-20-18-31(45-5)19-21-32)25-34(41)39(24-28-12-9-13-29(37)22-28)33(35(42)38-36(2,3)4)23-27-10-7-6-8-11-27/h6-22,33H,23-25H2,1-5H3,(H,38,42)/t33-/m0/s1. The topological polar surface area (TPSA) is 86.8 Å². The van der Waals surface area contributed by atoms with E-state index in [1.807, 2.05) is 101 Å². The summed E-state index contributed by atoms with van der Waals surface area (Å²) in [6.07, 6.45) is 2.16. The number of hydrogen-bond donors (Lipinski definition) is 1. The van der Waals surface area contributed by atoms with Gasteiger partial charge in [-0.15, -0.1) is 11.8 Å². The minimum atomic E-state index is -4.17. The Bertz CT molecular complexity index is 1740. The van der Waals surface area contributed by atoms with E-state index in [9.17, 15) is 18.0 Å². The number of rotatable bonds is 12. The SMILES string of the molecule is CSc1ccc(S(=O)(=O)N(CC(=O)N(Cc2cccc(Br)c2)[C@@H](Cc2ccccc2)C(=O)NC(C)(C)C)c2ccc(C)cc2)cc1. The first-order valence-electron chi connectivity index (χ1n) is 14.9. The minimum absolute atomic E-state index is 0.0727. The zero-order chi connectivity index (χ0) is 33.5. The lowest BCUT2D eigenvalue weighted by atomic mass is 10.0. The quantitative estimate of drug-likeness (QED) is 0.156. The van der Waals surface area contributed by atoms with Crippen LogP contribution in [0, 0.1) is 6.92 Å². The molecule has 1 N–H and O–H groups in total. The van der Waals surface area contributed by atoms with Gasteiger partial charge in [0.2, 0.25) is 11.8 Å². The number of amides is 2. The van der Waals surface area contributed by atoms with Gasteiger partial charge in [0.05, 0.1) is 10.6 Å². The molecule has 0 saturated heterocycles. The smallest absolute Gasteiger partial charge is 0.264 e. The van der Waals surface area contributed by atoms with E-state index >= 15 is 0 Å². The number of nitrogens with zero attached hydrogens (tertiary/aromatic N) is 2. The van der Waals surface area contributed by atoms with Gasteiger partial charge in [-0.25, -0.2) is 8.42 Å². The van der Waals surface area contributed by atoms with E-state index < -0.39 is 34.1 Å². The van der Waals surface area contributed by atoms with Crippen LogP contribution in [0.2, 0.25) is 0 Å². The molecule has 0 heterocycles. The largest absolute Gasteiger partial charge is 0.350 e. The first kappa shape index (κ1) is 35.3. The van der Waals surface area contributed by atoms with Crippen LogP contribution < -0.4 is 9.62 Å². The molecule has 242 valence electrons. The van der Waals surface area contributed by atoms with Crippen LogP contribution in [0.15, 0.2) is 117 Å². The van der Waals surface area contributed by atoms with Crippen LogP contribution in [0.5, 0.6) is 0 Å². The highest BCUT2D eigenvalue weighted by molar-refractivity contribution is 9.10. The molecule has 0 fully saturated rings. The molecule has 0 bridgehead atoms. The zero-order valence-corrected chi connectivity index (χ0v) is 30.0. The summed E-state index contributed by atoms with van der Waals surface area (Å²) in [7, 11) is -4.17. The van der Waals surface area contributed by atoms with Crippen molar-refractivity contribution >= 4 is 55.2 Å². The van der Waals surface area contributed by atoms with Gasteiger partial charge in [0, 0.05) is 27.9 Å². The second kappa shape index (κ2) is 15.3. The van der Waals surface area contributed by atoms with Crippen LogP contribution in [-0.2, 0) is 32.6 Å². The molecule has 0 saturated carbocycles. The Kier molecular flexibility index (Phi) is 11.7. The molecule has 0 aliphatic rings. The lowest BCUT2D eigenvalue weighted by Crippen LogP contribution is -2.56. The van der Waals surface area contributed by atoms with E-state index in [0.717, 1.165) is 30.4 Å². The highest BCUT2D eigenvalue weighted by atomic mass is 79.9. The number of aryl methyl sites for hydroxylation is 1. The van der Waals surface area contributed by atoms with Crippen molar-refractivity contribution < 1.29 is 18.0 Å². The van der Waals surface area contributed by atoms with Crippen molar-refractivity contribution in [1.29, 1.82) is 0 Å². The van der Waals surface area contributed by atoms with Gasteiger partial charge in [-0.2, -0.15) is 0 Å². The van der Waals surface area contributed by atoms with E-state index in [0.29, 0.717) is 5.69 Å². The molecular weight excluding hydrogens is 682 g/mol. The molecule has 2 amide bonds. The van der Waals surface area contributed by atoms with Crippen LogP contribution in [0.4, 0.5) is 5.69 Å². The molecule has 4 aromatic rings. The third-order valence-electron chi connectivity index (χ3n) is 7.26. The summed E-state index contributed by atoms with van der Waals surface area (Å²) in [5.41, 5.74) is 2.42. The first-order chi connectivity index (χ1) is 21.8. The van der Waals surface area contributed by atoms with E-state index in [2.05, 4.69) is 21.2 Å². The van der Waals surface area contributed by atoms with Gasteiger partial charge >= 0.3 is 0 Å². The van der Waals surface area contributed by atoms with Gasteiger partial charge < -0.3 is 10.2 Å². The van der Waals surface area contributed by atoms with Gasteiger partial charge in [-0.1, -0.05) is 76.1 Å². The predicted molar refractivity (Wildman–Crippen MR) is 190 cm³/mol. The van der Waals surface area contributed by atoms with Crippen molar-refractivity contribution in [1.82, 2.24) is 10.2 Å². The second-order valence-electron chi connectivity index (χ2n) is 12.1. The lowest BCUT2D eigenvalue weighted by molar-refractivity contribution is -0.140. The number of hydrogen-bond acceptors (Lipinski definition) is 5. The molecule has 0 radical (unpaired) electrons. The number of anilines is 1. The summed E-state index contributed by atoms with van der Waals surface area (Å²) in [5, 5.41) is 3.05. The second-order valence-corrected chi connectivity index (χ2v) is 15.8.